The largest absolute Gasteiger partial charge is 0.497 e. The molecule has 0 radical (unpaired) electrons. The van der Waals surface area contributed by atoms with Crippen molar-refractivity contribution < 1.29 is 14.3 Å². The van der Waals surface area contributed by atoms with Crippen LogP contribution in [0.2, 0.25) is 0 Å². The van der Waals surface area contributed by atoms with Crippen LogP contribution in [0.1, 0.15) is 10.4 Å². The van der Waals surface area contributed by atoms with Crippen LogP contribution in [0.3, 0.4) is 0 Å². The lowest BCUT2D eigenvalue weighted by molar-refractivity contribution is 0.0958. The number of anilines is 1. The molecule has 0 aromatic heterocycles. The van der Waals surface area contributed by atoms with Crippen molar-refractivity contribution in [3.8, 4) is 11.5 Å². The number of nitrogens with one attached hydrogen (secondary N) is 1. The van der Waals surface area contributed by atoms with E-state index >= 15 is 0 Å². The third-order valence-corrected chi connectivity index (χ3v) is 2.54. The zero-order chi connectivity index (χ0) is 13.7. The Morgan fingerprint density at radius 1 is 1.44 bits per heavy atom. The summed E-state index contributed by atoms with van der Waals surface area (Å²) in [6.45, 7) is 3.95. The number of carbonyl (C=O) groups is 1. The molecule has 0 spiro atoms. The van der Waals surface area contributed by atoms with Crippen molar-refractivity contribution in [2.24, 2.45) is 0 Å². The molecule has 18 heavy (non-hydrogen) atoms. The number of hydrogen-bond donors (Lipinski definition) is 2. The molecule has 0 atom stereocenters. The second-order valence-corrected chi connectivity index (χ2v) is 4.61. The zero-order valence-electron chi connectivity index (χ0n) is 10.2. The van der Waals surface area contributed by atoms with E-state index in [1.54, 1.807) is 12.1 Å². The molecule has 3 N–H and O–H groups in total. The lowest BCUT2D eigenvalue weighted by Crippen LogP contribution is -2.25. The Morgan fingerprint density at radius 2 is 2.11 bits per heavy atom. The first-order valence-electron chi connectivity index (χ1n) is 5.12. The second kappa shape index (κ2) is 6.30. The molecular formula is C12H15BrN2O3. The average Bonchev–Trinajstić information content (AvgIpc) is 2.36. The fraction of sp³-hybridized carbons (Fsp3) is 0.250. The molecule has 0 aliphatic heterocycles. The van der Waals surface area contributed by atoms with Crippen molar-refractivity contribution >= 4 is 27.5 Å². The normalized spacial score (nSPS) is 9.72. The molecule has 0 bridgehead atoms. The molecule has 0 aliphatic carbocycles. The average molecular weight is 315 g/mol. The number of halogens is 1. The highest BCUT2D eigenvalue weighted by Gasteiger charge is 2.15. The fourth-order valence-corrected chi connectivity index (χ4v) is 1.49. The van der Waals surface area contributed by atoms with Gasteiger partial charge in [0, 0.05) is 17.1 Å². The highest BCUT2D eigenvalue weighted by Crippen LogP contribution is 2.30. The van der Waals surface area contributed by atoms with Gasteiger partial charge in [-0.25, -0.2) is 0 Å². The minimum absolute atomic E-state index is 0.274. The maximum Gasteiger partial charge on any atom is 0.253 e. The van der Waals surface area contributed by atoms with Crippen LogP contribution in [0, 0.1) is 0 Å². The number of amides is 1. The predicted molar refractivity (Wildman–Crippen MR) is 74.4 cm³/mol. The van der Waals surface area contributed by atoms with E-state index < -0.39 is 0 Å². The summed E-state index contributed by atoms with van der Waals surface area (Å²) in [4.78, 5) is 11.9. The molecule has 1 aromatic rings. The van der Waals surface area contributed by atoms with Gasteiger partial charge < -0.3 is 20.5 Å². The smallest absolute Gasteiger partial charge is 0.253 e. The zero-order valence-corrected chi connectivity index (χ0v) is 11.8. The minimum Gasteiger partial charge on any atom is -0.497 e. The highest BCUT2D eigenvalue weighted by molar-refractivity contribution is 9.11. The molecule has 0 unspecified atom stereocenters. The Kier molecular flexibility index (Phi) is 5.03. The molecule has 1 amide bonds. The number of benzene rings is 1. The Morgan fingerprint density at radius 3 is 2.61 bits per heavy atom. The van der Waals surface area contributed by atoms with Gasteiger partial charge in [-0.2, -0.15) is 0 Å². The molecular weight excluding hydrogens is 300 g/mol. The van der Waals surface area contributed by atoms with Gasteiger partial charge in [-0.3, -0.25) is 4.79 Å². The SMILES string of the molecule is C=C(Br)CNC(=O)c1cc(OC)cc(OC)c1N. The molecule has 0 fully saturated rings. The van der Waals surface area contributed by atoms with Gasteiger partial charge in [0.25, 0.3) is 5.91 Å². The summed E-state index contributed by atoms with van der Waals surface area (Å²) in [6, 6.07) is 3.18. The maximum atomic E-state index is 11.9. The Labute approximate surface area is 114 Å². The summed E-state index contributed by atoms with van der Waals surface area (Å²) in [5, 5.41) is 2.67. The van der Waals surface area contributed by atoms with E-state index in [-0.39, 0.29) is 11.6 Å². The number of nitrogens with two attached hydrogens (primary N) is 1. The number of nitrogen functional groups attached to an aromatic ring is 1. The summed E-state index contributed by atoms with van der Waals surface area (Å²) in [7, 11) is 2.99. The van der Waals surface area contributed by atoms with E-state index in [0.29, 0.717) is 28.1 Å². The van der Waals surface area contributed by atoms with E-state index in [0.717, 1.165) is 0 Å². The van der Waals surface area contributed by atoms with Gasteiger partial charge in [0.2, 0.25) is 0 Å². The lowest BCUT2D eigenvalue weighted by atomic mass is 10.1. The molecule has 6 heteroatoms. The van der Waals surface area contributed by atoms with E-state index in [9.17, 15) is 4.79 Å². The third kappa shape index (κ3) is 3.40. The van der Waals surface area contributed by atoms with Crippen LogP contribution in [0.4, 0.5) is 5.69 Å². The van der Waals surface area contributed by atoms with Gasteiger partial charge >= 0.3 is 0 Å². The van der Waals surface area contributed by atoms with E-state index in [4.69, 9.17) is 15.2 Å². The Bertz CT molecular complexity index is 475. The second-order valence-electron chi connectivity index (χ2n) is 3.49. The van der Waals surface area contributed by atoms with Crippen molar-refractivity contribution in [3.63, 3.8) is 0 Å². The minimum atomic E-state index is -0.315. The predicted octanol–water partition coefficient (Wildman–Crippen LogP) is 1.92. The first kappa shape index (κ1) is 14.4. The van der Waals surface area contributed by atoms with Crippen LogP contribution in [0.15, 0.2) is 23.2 Å². The maximum absolute atomic E-state index is 11.9. The first-order valence-corrected chi connectivity index (χ1v) is 5.91. The molecule has 1 rings (SSSR count). The Balaban J connectivity index is 3.06. The molecule has 98 valence electrons. The van der Waals surface area contributed by atoms with Gasteiger partial charge in [0.15, 0.2) is 0 Å². The van der Waals surface area contributed by atoms with E-state index in [1.807, 2.05) is 0 Å². The summed E-state index contributed by atoms with van der Waals surface area (Å²) in [5.41, 5.74) is 6.43. The monoisotopic (exact) mass is 314 g/mol. The highest BCUT2D eigenvalue weighted by atomic mass is 79.9. The van der Waals surface area contributed by atoms with Crippen LogP contribution < -0.4 is 20.5 Å². The van der Waals surface area contributed by atoms with Crippen LogP contribution >= 0.6 is 15.9 Å². The summed E-state index contributed by atoms with van der Waals surface area (Å²) >= 11 is 3.16. The van der Waals surface area contributed by atoms with Crippen molar-refractivity contribution in [2.45, 2.75) is 0 Å². The molecule has 0 saturated carbocycles. The van der Waals surface area contributed by atoms with Gasteiger partial charge in [-0.05, 0) is 6.07 Å². The summed E-state index contributed by atoms with van der Waals surface area (Å²) in [5.74, 6) is 0.589. The van der Waals surface area contributed by atoms with Crippen LogP contribution in [0.5, 0.6) is 11.5 Å². The van der Waals surface area contributed by atoms with Crippen LogP contribution in [0.25, 0.3) is 0 Å². The fourth-order valence-electron chi connectivity index (χ4n) is 1.35. The number of ether oxygens (including phenoxy) is 2. The van der Waals surface area contributed by atoms with Gasteiger partial charge in [-0.1, -0.05) is 22.5 Å². The molecule has 0 saturated heterocycles. The summed E-state index contributed by atoms with van der Waals surface area (Å²) < 4.78 is 10.8. The number of methoxy groups -OCH3 is 2. The van der Waals surface area contributed by atoms with E-state index in [2.05, 4.69) is 27.8 Å². The Hall–Kier alpha value is -1.69. The topological polar surface area (TPSA) is 73.6 Å². The van der Waals surface area contributed by atoms with Crippen molar-refractivity contribution in [2.75, 3.05) is 26.5 Å². The molecule has 1 aromatic carbocycles. The van der Waals surface area contributed by atoms with Gasteiger partial charge in [0.1, 0.15) is 11.5 Å². The molecule has 0 aliphatic rings. The number of carbonyl (C=O) groups excluding carboxylic acids is 1. The molecule has 5 nitrogen and oxygen atoms in total. The van der Waals surface area contributed by atoms with Crippen LogP contribution in [-0.4, -0.2) is 26.7 Å². The van der Waals surface area contributed by atoms with Crippen molar-refractivity contribution in [1.29, 1.82) is 0 Å². The molecule has 0 heterocycles. The third-order valence-electron chi connectivity index (χ3n) is 2.26. The van der Waals surface area contributed by atoms with Crippen molar-refractivity contribution in [1.82, 2.24) is 5.32 Å². The number of rotatable bonds is 5. The van der Waals surface area contributed by atoms with Gasteiger partial charge in [0.05, 0.1) is 25.5 Å². The van der Waals surface area contributed by atoms with Gasteiger partial charge in [-0.15, -0.1) is 0 Å². The van der Waals surface area contributed by atoms with Crippen LogP contribution in [-0.2, 0) is 0 Å². The summed E-state index contributed by atoms with van der Waals surface area (Å²) in [6.07, 6.45) is 0. The standard InChI is InChI=1S/C12H15BrN2O3/c1-7(13)6-15-12(16)9-4-8(17-2)5-10(18-3)11(9)14/h4-5H,1,6,14H2,2-3H3,(H,15,16). The lowest BCUT2D eigenvalue weighted by Gasteiger charge is -2.12. The first-order chi connectivity index (χ1) is 8.49. The van der Waals surface area contributed by atoms with E-state index in [1.165, 1.54) is 14.2 Å². The quantitative estimate of drug-likeness (QED) is 0.814. The van der Waals surface area contributed by atoms with Crippen molar-refractivity contribution in [3.05, 3.63) is 28.8 Å². The number of hydrogen-bond acceptors (Lipinski definition) is 4.